The lowest BCUT2D eigenvalue weighted by molar-refractivity contribution is 0.0948. The van der Waals surface area contributed by atoms with Gasteiger partial charge in [0.25, 0.3) is 5.91 Å². The number of pyridine rings is 1. The number of phenolic OH excluding ortho intramolecular Hbond substituents is 1. The molecule has 1 aromatic carbocycles. The Labute approximate surface area is 161 Å². The summed E-state index contributed by atoms with van der Waals surface area (Å²) in [5.74, 6) is -0.0920. The third-order valence-electron chi connectivity index (χ3n) is 3.72. The van der Waals surface area contributed by atoms with Gasteiger partial charge < -0.3 is 15.3 Å². The third-order valence-corrected chi connectivity index (χ3v) is 4.80. The van der Waals surface area contributed by atoms with E-state index in [-0.39, 0.29) is 27.2 Å². The van der Waals surface area contributed by atoms with Gasteiger partial charge in [-0.1, -0.05) is 40.9 Å². The predicted octanol–water partition coefficient (Wildman–Crippen LogP) is 4.52. The number of rotatable bonds is 6. The molecule has 0 bridgehead atoms. The van der Waals surface area contributed by atoms with Crippen LogP contribution >= 0.6 is 34.8 Å². The molecule has 0 fully saturated rings. The second kappa shape index (κ2) is 8.61. The molecule has 1 aromatic heterocycles. The Morgan fingerprint density at radius 1 is 1.20 bits per heavy atom. The zero-order valence-electron chi connectivity index (χ0n) is 13.8. The number of anilines is 1. The number of halogens is 3. The van der Waals surface area contributed by atoms with Gasteiger partial charge in [0.05, 0.1) is 15.1 Å². The fraction of sp³-hybridized carbons (Fsp3) is 0.294. The molecule has 5 nitrogen and oxygen atoms in total. The fourth-order valence-electron chi connectivity index (χ4n) is 2.32. The van der Waals surface area contributed by atoms with Crippen molar-refractivity contribution in [3.8, 4) is 5.75 Å². The minimum Gasteiger partial charge on any atom is -0.505 e. The molecular formula is C17H18Cl3N3O2. The standard InChI is InChI=1S/C17H18Cl3N3O2/c1-3-23(4-2)13-6-5-10(8-21-13)9-22-17(25)14-15(20)11(18)7-12(19)16(14)24/h5-8,24H,3-4,9H2,1-2H3,(H,22,25). The van der Waals surface area contributed by atoms with Crippen LogP contribution < -0.4 is 10.2 Å². The molecule has 2 rings (SSSR count). The number of benzene rings is 1. The summed E-state index contributed by atoms with van der Waals surface area (Å²) in [6.07, 6.45) is 1.69. The Kier molecular flexibility index (Phi) is 6.76. The Morgan fingerprint density at radius 3 is 2.44 bits per heavy atom. The first-order valence-corrected chi connectivity index (χ1v) is 8.86. The molecule has 2 aromatic rings. The van der Waals surface area contributed by atoms with Crippen molar-refractivity contribution < 1.29 is 9.90 Å². The number of aromatic nitrogens is 1. The molecule has 0 aliphatic heterocycles. The van der Waals surface area contributed by atoms with Gasteiger partial charge in [-0.2, -0.15) is 0 Å². The molecular weight excluding hydrogens is 385 g/mol. The summed E-state index contributed by atoms with van der Waals surface area (Å²) in [7, 11) is 0. The van der Waals surface area contributed by atoms with E-state index in [9.17, 15) is 9.90 Å². The first-order valence-electron chi connectivity index (χ1n) is 7.73. The lowest BCUT2D eigenvalue weighted by Crippen LogP contribution is -2.24. The van der Waals surface area contributed by atoms with Crippen LogP contribution in [-0.4, -0.2) is 29.1 Å². The van der Waals surface area contributed by atoms with Gasteiger partial charge in [-0.3, -0.25) is 4.79 Å². The van der Waals surface area contributed by atoms with Crippen LogP contribution in [0.2, 0.25) is 15.1 Å². The maximum Gasteiger partial charge on any atom is 0.256 e. The monoisotopic (exact) mass is 401 g/mol. The maximum absolute atomic E-state index is 12.3. The molecule has 0 radical (unpaired) electrons. The lowest BCUT2D eigenvalue weighted by atomic mass is 10.1. The van der Waals surface area contributed by atoms with E-state index in [4.69, 9.17) is 34.8 Å². The Balaban J connectivity index is 2.11. The zero-order chi connectivity index (χ0) is 18.6. The van der Waals surface area contributed by atoms with Gasteiger partial charge in [0.1, 0.15) is 17.1 Å². The highest BCUT2D eigenvalue weighted by atomic mass is 35.5. The summed E-state index contributed by atoms with van der Waals surface area (Å²) in [5, 5.41) is 12.7. The van der Waals surface area contributed by atoms with Crippen molar-refractivity contribution in [2.45, 2.75) is 20.4 Å². The fourth-order valence-corrected chi connectivity index (χ4v) is 3.01. The molecule has 0 unspecified atom stereocenters. The van der Waals surface area contributed by atoms with Gasteiger partial charge in [0, 0.05) is 25.8 Å². The number of nitrogens with zero attached hydrogens (tertiary/aromatic N) is 2. The van der Waals surface area contributed by atoms with E-state index >= 15 is 0 Å². The van der Waals surface area contributed by atoms with Gasteiger partial charge in [-0.15, -0.1) is 0 Å². The number of hydrogen-bond donors (Lipinski definition) is 2. The molecule has 2 N–H and O–H groups in total. The smallest absolute Gasteiger partial charge is 0.256 e. The Hall–Kier alpha value is -1.69. The largest absolute Gasteiger partial charge is 0.505 e. The van der Waals surface area contributed by atoms with Crippen LogP contribution in [-0.2, 0) is 6.54 Å². The summed E-state index contributed by atoms with van der Waals surface area (Å²) >= 11 is 17.7. The van der Waals surface area contributed by atoms with Crippen molar-refractivity contribution in [3.05, 3.63) is 50.6 Å². The van der Waals surface area contributed by atoms with Crippen molar-refractivity contribution in [1.29, 1.82) is 0 Å². The highest BCUT2D eigenvalue weighted by Crippen LogP contribution is 2.38. The lowest BCUT2D eigenvalue weighted by Gasteiger charge is -2.19. The van der Waals surface area contributed by atoms with E-state index in [0.717, 1.165) is 24.5 Å². The molecule has 1 heterocycles. The van der Waals surface area contributed by atoms with Crippen LogP contribution in [0.15, 0.2) is 24.4 Å². The van der Waals surface area contributed by atoms with Crippen molar-refractivity contribution in [2.24, 2.45) is 0 Å². The molecule has 0 aliphatic carbocycles. The van der Waals surface area contributed by atoms with Crippen molar-refractivity contribution in [1.82, 2.24) is 10.3 Å². The van der Waals surface area contributed by atoms with Crippen LogP contribution in [0.3, 0.4) is 0 Å². The Bertz CT molecular complexity index is 736. The topological polar surface area (TPSA) is 65.5 Å². The van der Waals surface area contributed by atoms with Crippen LogP contribution in [0, 0.1) is 0 Å². The SMILES string of the molecule is CCN(CC)c1ccc(CNC(=O)c2c(O)c(Cl)cc(Cl)c2Cl)cn1. The minimum absolute atomic E-state index is 0.0372. The highest BCUT2D eigenvalue weighted by Gasteiger charge is 2.21. The predicted molar refractivity (Wildman–Crippen MR) is 102 cm³/mol. The first kappa shape index (κ1) is 19.6. The number of phenols is 1. The number of carbonyl (C=O) groups is 1. The van der Waals surface area contributed by atoms with E-state index in [0.29, 0.717) is 0 Å². The highest BCUT2D eigenvalue weighted by molar-refractivity contribution is 6.45. The zero-order valence-corrected chi connectivity index (χ0v) is 16.1. The number of nitrogens with one attached hydrogen (secondary N) is 1. The maximum atomic E-state index is 12.3. The summed E-state index contributed by atoms with van der Waals surface area (Å²) in [6, 6.07) is 5.07. The van der Waals surface area contributed by atoms with E-state index in [1.807, 2.05) is 12.1 Å². The van der Waals surface area contributed by atoms with Gasteiger partial charge in [-0.25, -0.2) is 4.98 Å². The summed E-state index contributed by atoms with van der Waals surface area (Å²) in [4.78, 5) is 18.8. The summed E-state index contributed by atoms with van der Waals surface area (Å²) in [6.45, 7) is 6.08. The van der Waals surface area contributed by atoms with Crippen molar-refractivity contribution in [2.75, 3.05) is 18.0 Å². The van der Waals surface area contributed by atoms with Gasteiger partial charge >= 0.3 is 0 Å². The molecule has 25 heavy (non-hydrogen) atoms. The quantitative estimate of drug-likeness (QED) is 0.697. The number of amides is 1. The van der Waals surface area contributed by atoms with Crippen LogP contribution in [0.25, 0.3) is 0 Å². The molecule has 0 saturated carbocycles. The third kappa shape index (κ3) is 4.48. The van der Waals surface area contributed by atoms with Gasteiger partial charge in [0.2, 0.25) is 0 Å². The number of aromatic hydroxyl groups is 1. The summed E-state index contributed by atoms with van der Waals surface area (Å²) in [5.41, 5.74) is 0.667. The van der Waals surface area contributed by atoms with Crippen LogP contribution in [0.1, 0.15) is 29.8 Å². The van der Waals surface area contributed by atoms with E-state index in [1.165, 1.54) is 6.07 Å². The molecule has 0 saturated heterocycles. The first-order chi connectivity index (χ1) is 11.9. The number of carbonyl (C=O) groups excluding carboxylic acids is 1. The van der Waals surface area contributed by atoms with Crippen molar-refractivity contribution >= 4 is 46.5 Å². The average Bonchev–Trinajstić information content (AvgIpc) is 2.60. The molecule has 0 spiro atoms. The van der Waals surface area contributed by atoms with E-state index < -0.39 is 11.7 Å². The molecule has 1 amide bonds. The molecule has 0 atom stereocenters. The van der Waals surface area contributed by atoms with Gasteiger partial charge in [-0.05, 0) is 31.5 Å². The molecule has 0 aliphatic rings. The van der Waals surface area contributed by atoms with E-state index in [1.54, 1.807) is 6.20 Å². The molecule has 134 valence electrons. The normalized spacial score (nSPS) is 10.6. The van der Waals surface area contributed by atoms with Crippen molar-refractivity contribution in [3.63, 3.8) is 0 Å². The second-order valence-corrected chi connectivity index (χ2v) is 6.45. The second-order valence-electron chi connectivity index (χ2n) is 5.26. The van der Waals surface area contributed by atoms with Crippen LogP contribution in [0.4, 0.5) is 5.82 Å². The Morgan fingerprint density at radius 2 is 1.88 bits per heavy atom. The van der Waals surface area contributed by atoms with E-state index in [2.05, 4.69) is 29.0 Å². The minimum atomic E-state index is -0.570. The van der Waals surface area contributed by atoms with Gasteiger partial charge in [0.15, 0.2) is 0 Å². The average molecular weight is 403 g/mol. The summed E-state index contributed by atoms with van der Waals surface area (Å²) < 4.78 is 0. The molecule has 8 heteroatoms. The number of hydrogen-bond acceptors (Lipinski definition) is 4. The van der Waals surface area contributed by atoms with Crippen LogP contribution in [0.5, 0.6) is 5.75 Å².